The number of hydrogen-bond donors (Lipinski definition) is 0. The van der Waals surface area contributed by atoms with E-state index in [1.807, 2.05) is 0 Å². The summed E-state index contributed by atoms with van der Waals surface area (Å²) in [4.78, 5) is 9.25. The summed E-state index contributed by atoms with van der Waals surface area (Å²) >= 11 is 6.50. The number of nitrogens with zero attached hydrogens (tertiary/aromatic N) is 4. The van der Waals surface area contributed by atoms with Crippen molar-refractivity contribution in [3.05, 3.63) is 0 Å². The van der Waals surface area contributed by atoms with E-state index in [2.05, 4.69) is 90.2 Å². The van der Waals surface area contributed by atoms with Gasteiger partial charge in [0.1, 0.15) is 0 Å². The van der Waals surface area contributed by atoms with E-state index in [9.17, 15) is 0 Å². The van der Waals surface area contributed by atoms with Gasteiger partial charge in [0.25, 0.3) is 0 Å². The minimum absolute atomic E-state index is 1.14. The molecule has 6 heteroatoms. The van der Waals surface area contributed by atoms with E-state index in [0.717, 1.165) is 39.3 Å². The Balaban J connectivity index is 0. The van der Waals surface area contributed by atoms with Gasteiger partial charge in [0, 0.05) is 39.3 Å². The van der Waals surface area contributed by atoms with Gasteiger partial charge < -0.3 is 19.6 Å². The van der Waals surface area contributed by atoms with Crippen LogP contribution in [0.4, 0.5) is 0 Å². The van der Waals surface area contributed by atoms with E-state index >= 15 is 0 Å². The van der Waals surface area contributed by atoms with Gasteiger partial charge in [0.15, 0.2) is 0 Å². The maximum atomic E-state index is 4.00. The summed E-state index contributed by atoms with van der Waals surface area (Å²) in [6.07, 6.45) is 0. The van der Waals surface area contributed by atoms with Crippen molar-refractivity contribution in [2.45, 2.75) is 0 Å². The van der Waals surface area contributed by atoms with Gasteiger partial charge in [0.2, 0.25) is 0 Å². The molecule has 0 heterocycles. The second kappa shape index (κ2) is 14.3. The number of rotatable bonds is 9. The van der Waals surface area contributed by atoms with Gasteiger partial charge in [-0.25, -0.2) is 0 Å². The normalized spacial score (nSPS) is 11.4. The summed E-state index contributed by atoms with van der Waals surface area (Å²) in [5, 5.41) is 0. The topological polar surface area (TPSA) is 13.0 Å². The average molecular weight is 374 g/mol. The Morgan fingerprint density at radius 1 is 0.556 bits per heavy atom. The predicted octanol–water partition coefficient (Wildman–Crippen LogP) is 0.816. The van der Waals surface area contributed by atoms with E-state index < -0.39 is 0 Å². The molecule has 18 heavy (non-hydrogen) atoms. The molecule has 0 aliphatic carbocycles. The molecule has 116 valence electrons. The SMILES string of the molecule is CN(C)CCN(C)CCN(C)CCN(C)C.[Cu][Br]. The van der Waals surface area contributed by atoms with Crippen LogP contribution in [0.3, 0.4) is 0 Å². The molecule has 0 unspecified atom stereocenters. The van der Waals surface area contributed by atoms with Crippen LogP contribution in [0.25, 0.3) is 0 Å². The molecule has 0 N–H and O–H groups in total. The molecule has 0 fully saturated rings. The quantitative estimate of drug-likeness (QED) is 0.555. The molecule has 0 aromatic carbocycles. The number of likely N-dealkylation sites (N-methyl/N-ethyl adjacent to an activating group) is 4. The zero-order valence-electron chi connectivity index (χ0n) is 12.7. The fraction of sp³-hybridized carbons (Fsp3) is 1.00. The zero-order valence-corrected chi connectivity index (χ0v) is 15.2. The molecule has 0 radical (unpaired) electrons. The monoisotopic (exact) mass is 372 g/mol. The zero-order chi connectivity index (χ0) is 14.6. The van der Waals surface area contributed by atoms with E-state index in [0.29, 0.717) is 0 Å². The van der Waals surface area contributed by atoms with Crippen LogP contribution in [-0.2, 0) is 14.2 Å². The average Bonchev–Trinajstić information content (AvgIpc) is 2.33. The van der Waals surface area contributed by atoms with E-state index in [4.69, 9.17) is 0 Å². The van der Waals surface area contributed by atoms with Gasteiger partial charge in [-0.05, 0) is 42.3 Å². The summed E-state index contributed by atoms with van der Waals surface area (Å²) in [5.41, 5.74) is 0. The Morgan fingerprint density at radius 3 is 1.00 bits per heavy atom. The van der Waals surface area contributed by atoms with Crippen LogP contribution in [0.1, 0.15) is 0 Å². The van der Waals surface area contributed by atoms with Crippen molar-refractivity contribution in [3.63, 3.8) is 0 Å². The third kappa shape index (κ3) is 16.8. The summed E-state index contributed by atoms with van der Waals surface area (Å²) < 4.78 is 0. The molecule has 0 bridgehead atoms. The predicted molar refractivity (Wildman–Crippen MR) is 81.0 cm³/mol. The van der Waals surface area contributed by atoms with Crippen LogP contribution < -0.4 is 0 Å². The molecule has 0 saturated heterocycles. The van der Waals surface area contributed by atoms with Crippen molar-refractivity contribution in [1.82, 2.24) is 19.6 Å². The van der Waals surface area contributed by atoms with E-state index in [1.54, 1.807) is 0 Å². The molecule has 4 nitrogen and oxygen atoms in total. The van der Waals surface area contributed by atoms with E-state index in [1.165, 1.54) is 0 Å². The Morgan fingerprint density at radius 2 is 0.778 bits per heavy atom. The van der Waals surface area contributed by atoms with Gasteiger partial charge in [-0.15, -0.1) is 0 Å². The molecule has 0 amide bonds. The van der Waals surface area contributed by atoms with Crippen LogP contribution in [0, 0.1) is 0 Å². The second-order valence-corrected chi connectivity index (χ2v) is 5.21. The molecule has 0 aromatic rings. The molecule has 0 aliphatic heterocycles. The van der Waals surface area contributed by atoms with Crippen molar-refractivity contribution in [1.29, 1.82) is 0 Å². The summed E-state index contributed by atoms with van der Waals surface area (Å²) in [6.45, 7) is 6.87. The molecule has 0 aliphatic rings. The summed E-state index contributed by atoms with van der Waals surface area (Å²) in [5.74, 6) is 0. The Labute approximate surface area is 129 Å². The van der Waals surface area contributed by atoms with Crippen LogP contribution in [0.2, 0.25) is 0 Å². The van der Waals surface area contributed by atoms with Crippen LogP contribution in [-0.4, -0.2) is 101 Å². The van der Waals surface area contributed by atoms with Crippen molar-refractivity contribution in [2.75, 3.05) is 81.6 Å². The van der Waals surface area contributed by atoms with Gasteiger partial charge in [-0.1, -0.05) is 0 Å². The molecular formula is C12H30BrCuN4. The van der Waals surface area contributed by atoms with Gasteiger partial charge in [-0.2, -0.15) is 0 Å². The molecule has 0 spiro atoms. The van der Waals surface area contributed by atoms with Crippen LogP contribution in [0.5, 0.6) is 0 Å². The first kappa shape index (κ1) is 21.1. The second-order valence-electron chi connectivity index (χ2n) is 5.21. The summed E-state index contributed by atoms with van der Waals surface area (Å²) in [6, 6.07) is 0. The number of halogens is 1. The van der Waals surface area contributed by atoms with Crippen molar-refractivity contribution in [3.8, 4) is 0 Å². The first-order valence-corrected chi connectivity index (χ1v) is 8.52. The van der Waals surface area contributed by atoms with Crippen LogP contribution in [0.15, 0.2) is 0 Å². The fourth-order valence-corrected chi connectivity index (χ4v) is 1.31. The van der Waals surface area contributed by atoms with Crippen molar-refractivity contribution < 1.29 is 14.2 Å². The Bertz CT molecular complexity index is 152. The molecule has 0 aromatic heterocycles. The molecule has 0 atom stereocenters. The fourth-order valence-electron chi connectivity index (χ4n) is 1.31. The molecule has 0 rings (SSSR count). The first-order chi connectivity index (χ1) is 8.41. The van der Waals surface area contributed by atoms with Gasteiger partial charge in [0.05, 0.1) is 0 Å². The third-order valence-electron chi connectivity index (χ3n) is 2.72. The first-order valence-electron chi connectivity index (χ1n) is 6.19. The molecular weight excluding hydrogens is 344 g/mol. The minimum atomic E-state index is 1.14. The van der Waals surface area contributed by atoms with Crippen molar-refractivity contribution >= 4 is 14.1 Å². The number of hydrogen-bond acceptors (Lipinski definition) is 4. The third-order valence-corrected chi connectivity index (χ3v) is 2.72. The van der Waals surface area contributed by atoms with Crippen molar-refractivity contribution in [2.24, 2.45) is 0 Å². The summed E-state index contributed by atoms with van der Waals surface area (Å²) in [7, 11) is 12.9. The molecule has 0 saturated carbocycles. The maximum absolute atomic E-state index is 4.00. The Kier molecular flexibility index (Phi) is 16.7. The van der Waals surface area contributed by atoms with Crippen LogP contribution >= 0.6 is 14.1 Å². The van der Waals surface area contributed by atoms with Gasteiger partial charge >= 0.3 is 28.3 Å². The van der Waals surface area contributed by atoms with E-state index in [-0.39, 0.29) is 0 Å². The standard InChI is InChI=1S/C12H30N4.BrH.Cu/c1-13(2)7-9-15(5)11-12-16(6)10-8-14(3)4;;/h7-12H2,1-6H3;1H;/q;;+1/p-1. The van der Waals surface area contributed by atoms with Gasteiger partial charge in [-0.3, -0.25) is 0 Å². The Hall–Kier alpha value is 0.839.